The second kappa shape index (κ2) is 5.54. The monoisotopic (exact) mass is 279 g/mol. The molecule has 0 aliphatic heterocycles. The summed E-state index contributed by atoms with van der Waals surface area (Å²) < 4.78 is 23.0. The smallest absolute Gasteiger partial charge is 0.175 e. The van der Waals surface area contributed by atoms with Gasteiger partial charge in [-0.05, 0) is 24.6 Å². The molecule has 0 saturated carbocycles. The third kappa shape index (κ3) is 3.65. The molecule has 0 bridgehead atoms. The minimum atomic E-state index is -3.15. The Bertz CT molecular complexity index is 636. The zero-order valence-corrected chi connectivity index (χ0v) is 11.7. The molecule has 1 atom stereocenters. The van der Waals surface area contributed by atoms with Gasteiger partial charge >= 0.3 is 0 Å². The molecule has 2 aromatic rings. The Morgan fingerprint density at radius 3 is 2.84 bits per heavy atom. The highest BCUT2D eigenvalue weighted by Gasteiger charge is 2.09. The fraction of sp³-hybridized carbons (Fsp3) is 0.308. The molecule has 2 N–H and O–H groups in total. The van der Waals surface area contributed by atoms with Crippen LogP contribution in [0.1, 0.15) is 24.2 Å². The Kier molecular flexibility index (Phi) is 4.01. The number of aromatic amines is 1. The molecule has 1 unspecified atom stereocenters. The highest BCUT2D eigenvalue weighted by Crippen LogP contribution is 2.13. The van der Waals surface area contributed by atoms with Crippen LogP contribution in [-0.4, -0.2) is 24.6 Å². The lowest BCUT2D eigenvalue weighted by atomic mass is 10.2. The molecule has 0 radical (unpaired) electrons. The van der Waals surface area contributed by atoms with Crippen LogP contribution in [-0.2, 0) is 16.4 Å². The van der Waals surface area contributed by atoms with Gasteiger partial charge in [0.25, 0.3) is 0 Å². The number of nitrogens with one attached hydrogen (secondary N) is 2. The number of sulfone groups is 1. The number of H-pyrrole nitrogens is 1. The summed E-state index contributed by atoms with van der Waals surface area (Å²) in [6.07, 6.45) is 4.62. The average Bonchev–Trinajstić information content (AvgIpc) is 2.89. The first-order valence-electron chi connectivity index (χ1n) is 5.97. The van der Waals surface area contributed by atoms with Gasteiger partial charge in [-0.25, -0.2) is 13.4 Å². The largest absolute Gasteiger partial charge is 0.347 e. The van der Waals surface area contributed by atoms with E-state index < -0.39 is 9.84 Å². The molecule has 0 amide bonds. The van der Waals surface area contributed by atoms with Crippen molar-refractivity contribution in [2.45, 2.75) is 24.4 Å². The van der Waals surface area contributed by atoms with Crippen LogP contribution in [0.25, 0.3) is 0 Å². The molecule has 0 fully saturated rings. The molecule has 0 spiro atoms. The van der Waals surface area contributed by atoms with E-state index >= 15 is 0 Å². The van der Waals surface area contributed by atoms with Gasteiger partial charge in [0.15, 0.2) is 9.84 Å². The minimum absolute atomic E-state index is 0.129. The molecule has 1 aromatic heterocycles. The Morgan fingerprint density at radius 1 is 1.42 bits per heavy atom. The number of imidazole rings is 1. The summed E-state index contributed by atoms with van der Waals surface area (Å²) in [5.74, 6) is 0. The summed E-state index contributed by atoms with van der Waals surface area (Å²) in [4.78, 5) is 7.36. The van der Waals surface area contributed by atoms with Gasteiger partial charge in [-0.2, -0.15) is 0 Å². The molecular weight excluding hydrogens is 262 g/mol. The molecule has 5 nitrogen and oxygen atoms in total. The standard InChI is InChI=1S/C13H17N3O2S/c1-10(13-8-14-9-16-13)15-7-11-4-3-5-12(6-11)19(2,17)18/h3-6,8-10,15H,7H2,1-2H3,(H,14,16). The van der Waals surface area contributed by atoms with Crippen molar-refractivity contribution in [1.82, 2.24) is 15.3 Å². The van der Waals surface area contributed by atoms with Crippen molar-refractivity contribution >= 4 is 9.84 Å². The first-order valence-corrected chi connectivity index (χ1v) is 7.86. The summed E-state index contributed by atoms with van der Waals surface area (Å²) in [7, 11) is -3.15. The minimum Gasteiger partial charge on any atom is -0.347 e. The normalized spacial score (nSPS) is 13.4. The molecule has 1 heterocycles. The van der Waals surface area contributed by atoms with E-state index in [0.717, 1.165) is 11.3 Å². The SMILES string of the molecule is CC(NCc1cccc(S(C)(=O)=O)c1)c1cnc[nH]1. The molecular formula is C13H17N3O2S. The first kappa shape index (κ1) is 13.8. The summed E-state index contributed by atoms with van der Waals surface area (Å²) in [6.45, 7) is 2.62. The topological polar surface area (TPSA) is 74.8 Å². The number of aromatic nitrogens is 2. The Labute approximate surface area is 113 Å². The van der Waals surface area contributed by atoms with Crippen LogP contribution in [0.3, 0.4) is 0 Å². The lowest BCUT2D eigenvalue weighted by Crippen LogP contribution is -2.18. The van der Waals surface area contributed by atoms with E-state index in [-0.39, 0.29) is 6.04 Å². The van der Waals surface area contributed by atoms with E-state index in [4.69, 9.17) is 0 Å². The quantitative estimate of drug-likeness (QED) is 0.873. The van der Waals surface area contributed by atoms with Crippen LogP contribution in [0.4, 0.5) is 0 Å². The Hall–Kier alpha value is -1.66. The van der Waals surface area contributed by atoms with Crippen molar-refractivity contribution in [2.75, 3.05) is 6.26 Å². The van der Waals surface area contributed by atoms with Crippen LogP contribution >= 0.6 is 0 Å². The maximum Gasteiger partial charge on any atom is 0.175 e. The molecule has 2 rings (SSSR count). The number of hydrogen-bond donors (Lipinski definition) is 2. The van der Waals surface area contributed by atoms with Crippen LogP contribution in [0, 0.1) is 0 Å². The maximum atomic E-state index is 11.5. The molecule has 0 aliphatic rings. The Morgan fingerprint density at radius 2 is 2.21 bits per heavy atom. The lowest BCUT2D eigenvalue weighted by Gasteiger charge is -2.12. The van der Waals surface area contributed by atoms with Crippen molar-refractivity contribution in [1.29, 1.82) is 0 Å². The zero-order valence-electron chi connectivity index (χ0n) is 10.9. The summed E-state index contributed by atoms with van der Waals surface area (Å²) in [5.41, 5.74) is 1.94. The van der Waals surface area contributed by atoms with Crippen molar-refractivity contribution in [3.63, 3.8) is 0 Å². The van der Waals surface area contributed by atoms with E-state index in [1.165, 1.54) is 6.26 Å². The van der Waals surface area contributed by atoms with Gasteiger partial charge in [0.2, 0.25) is 0 Å². The van der Waals surface area contributed by atoms with E-state index in [1.807, 2.05) is 13.0 Å². The third-order valence-corrected chi connectivity index (χ3v) is 4.04. The molecule has 0 aliphatic carbocycles. The Balaban J connectivity index is 2.04. The van der Waals surface area contributed by atoms with Crippen molar-refractivity contribution in [2.24, 2.45) is 0 Å². The van der Waals surface area contributed by atoms with E-state index in [2.05, 4.69) is 15.3 Å². The van der Waals surface area contributed by atoms with Crippen LogP contribution < -0.4 is 5.32 Å². The van der Waals surface area contributed by atoms with E-state index in [9.17, 15) is 8.42 Å². The van der Waals surface area contributed by atoms with Crippen molar-refractivity contribution < 1.29 is 8.42 Å². The maximum absolute atomic E-state index is 11.5. The predicted molar refractivity (Wildman–Crippen MR) is 73.4 cm³/mol. The van der Waals surface area contributed by atoms with Gasteiger partial charge < -0.3 is 10.3 Å². The van der Waals surface area contributed by atoms with Gasteiger partial charge in [-0.1, -0.05) is 12.1 Å². The van der Waals surface area contributed by atoms with Gasteiger partial charge in [0.1, 0.15) is 0 Å². The molecule has 1 aromatic carbocycles. The molecule has 0 saturated heterocycles. The number of rotatable bonds is 5. The average molecular weight is 279 g/mol. The van der Waals surface area contributed by atoms with Gasteiger partial charge in [-0.3, -0.25) is 0 Å². The highest BCUT2D eigenvalue weighted by molar-refractivity contribution is 7.90. The number of benzene rings is 1. The third-order valence-electron chi connectivity index (χ3n) is 2.92. The van der Waals surface area contributed by atoms with Crippen LogP contribution in [0.15, 0.2) is 41.7 Å². The second-order valence-electron chi connectivity index (χ2n) is 4.53. The second-order valence-corrected chi connectivity index (χ2v) is 6.54. The lowest BCUT2D eigenvalue weighted by molar-refractivity contribution is 0.563. The van der Waals surface area contributed by atoms with Crippen molar-refractivity contribution in [3.05, 3.63) is 48.0 Å². The number of nitrogens with zero attached hydrogens (tertiary/aromatic N) is 1. The molecule has 102 valence electrons. The van der Waals surface area contributed by atoms with E-state index in [0.29, 0.717) is 11.4 Å². The van der Waals surface area contributed by atoms with Gasteiger partial charge in [0, 0.05) is 25.0 Å². The van der Waals surface area contributed by atoms with E-state index in [1.54, 1.807) is 30.7 Å². The fourth-order valence-electron chi connectivity index (χ4n) is 1.77. The molecule has 6 heteroatoms. The summed E-state index contributed by atoms with van der Waals surface area (Å²) in [5, 5.41) is 3.31. The predicted octanol–water partition coefficient (Wildman–Crippen LogP) is 1.66. The van der Waals surface area contributed by atoms with Crippen LogP contribution in [0.5, 0.6) is 0 Å². The summed E-state index contributed by atoms with van der Waals surface area (Å²) >= 11 is 0. The summed E-state index contributed by atoms with van der Waals surface area (Å²) in [6, 6.07) is 7.10. The number of hydrogen-bond acceptors (Lipinski definition) is 4. The zero-order chi connectivity index (χ0) is 13.9. The van der Waals surface area contributed by atoms with Gasteiger partial charge in [-0.15, -0.1) is 0 Å². The first-order chi connectivity index (χ1) is 8.97. The van der Waals surface area contributed by atoms with Crippen LogP contribution in [0.2, 0.25) is 0 Å². The molecule has 19 heavy (non-hydrogen) atoms. The fourth-order valence-corrected chi connectivity index (χ4v) is 2.46. The van der Waals surface area contributed by atoms with Gasteiger partial charge in [0.05, 0.1) is 16.9 Å². The highest BCUT2D eigenvalue weighted by atomic mass is 32.2. The van der Waals surface area contributed by atoms with Crippen molar-refractivity contribution in [3.8, 4) is 0 Å².